The SMILES string of the molecule is C=CC(NC(=C)C(O)c1ccc(O)c(C(N)=O)c1)Nc1ccccc1. The molecule has 0 saturated heterocycles. The number of benzene rings is 2. The van der Waals surface area contributed by atoms with Crippen LogP contribution in [0.2, 0.25) is 0 Å². The Labute approximate surface area is 146 Å². The quantitative estimate of drug-likeness (QED) is 0.374. The fourth-order valence-electron chi connectivity index (χ4n) is 2.27. The van der Waals surface area contributed by atoms with Crippen LogP contribution in [0.25, 0.3) is 0 Å². The Bertz CT molecular complexity index is 775. The van der Waals surface area contributed by atoms with Crippen LogP contribution in [0.4, 0.5) is 5.69 Å². The largest absolute Gasteiger partial charge is 0.507 e. The third-order valence-electron chi connectivity index (χ3n) is 3.60. The Kier molecular flexibility index (Phi) is 5.81. The number of amides is 1. The van der Waals surface area contributed by atoms with Crippen molar-refractivity contribution < 1.29 is 15.0 Å². The number of anilines is 1. The molecule has 0 saturated carbocycles. The van der Waals surface area contributed by atoms with Crippen molar-refractivity contribution in [2.75, 3.05) is 5.32 Å². The molecule has 6 nitrogen and oxygen atoms in total. The summed E-state index contributed by atoms with van der Waals surface area (Å²) in [5.41, 5.74) is 6.70. The molecule has 0 aliphatic carbocycles. The van der Waals surface area contributed by atoms with E-state index in [2.05, 4.69) is 23.8 Å². The average Bonchev–Trinajstić information content (AvgIpc) is 2.61. The Morgan fingerprint density at radius 3 is 2.48 bits per heavy atom. The molecule has 0 fully saturated rings. The second-order valence-electron chi connectivity index (χ2n) is 5.44. The number of aromatic hydroxyl groups is 1. The smallest absolute Gasteiger partial charge is 0.252 e. The summed E-state index contributed by atoms with van der Waals surface area (Å²) in [6, 6.07) is 13.6. The van der Waals surface area contributed by atoms with E-state index in [1.54, 1.807) is 6.08 Å². The van der Waals surface area contributed by atoms with Gasteiger partial charge in [-0.3, -0.25) is 4.79 Å². The van der Waals surface area contributed by atoms with Crippen LogP contribution in [0.15, 0.2) is 73.5 Å². The summed E-state index contributed by atoms with van der Waals surface area (Å²) in [6.45, 7) is 7.58. The molecule has 1 amide bonds. The van der Waals surface area contributed by atoms with Gasteiger partial charge in [0, 0.05) is 11.4 Å². The third-order valence-corrected chi connectivity index (χ3v) is 3.60. The zero-order valence-electron chi connectivity index (χ0n) is 13.6. The van der Waals surface area contributed by atoms with Crippen LogP contribution < -0.4 is 16.4 Å². The fraction of sp³-hybridized carbons (Fsp3) is 0.105. The van der Waals surface area contributed by atoms with E-state index in [0.29, 0.717) is 11.3 Å². The Morgan fingerprint density at radius 2 is 1.88 bits per heavy atom. The monoisotopic (exact) mass is 339 g/mol. The van der Waals surface area contributed by atoms with Crippen molar-refractivity contribution in [3.8, 4) is 5.75 Å². The topological polar surface area (TPSA) is 108 Å². The van der Waals surface area contributed by atoms with Crippen molar-refractivity contribution in [3.05, 3.63) is 84.6 Å². The lowest BCUT2D eigenvalue weighted by atomic mass is 10.0. The van der Waals surface area contributed by atoms with Crippen molar-refractivity contribution in [2.45, 2.75) is 12.3 Å². The van der Waals surface area contributed by atoms with Gasteiger partial charge in [-0.05, 0) is 35.9 Å². The van der Waals surface area contributed by atoms with Crippen molar-refractivity contribution in [2.24, 2.45) is 5.73 Å². The summed E-state index contributed by atoms with van der Waals surface area (Å²) >= 11 is 0. The van der Waals surface area contributed by atoms with Gasteiger partial charge in [-0.25, -0.2) is 0 Å². The summed E-state index contributed by atoms with van der Waals surface area (Å²) in [7, 11) is 0. The molecular weight excluding hydrogens is 318 g/mol. The Balaban J connectivity index is 2.09. The molecule has 130 valence electrons. The second kappa shape index (κ2) is 8.03. The second-order valence-corrected chi connectivity index (χ2v) is 5.44. The predicted octanol–water partition coefficient (Wildman–Crippen LogP) is 2.25. The lowest BCUT2D eigenvalue weighted by Gasteiger charge is -2.23. The van der Waals surface area contributed by atoms with Gasteiger partial charge in [-0.1, -0.05) is 37.4 Å². The summed E-state index contributed by atoms with van der Waals surface area (Å²) in [4.78, 5) is 11.3. The van der Waals surface area contributed by atoms with Gasteiger partial charge in [-0.15, -0.1) is 0 Å². The van der Waals surface area contributed by atoms with Crippen LogP contribution >= 0.6 is 0 Å². The van der Waals surface area contributed by atoms with Crippen LogP contribution in [-0.4, -0.2) is 22.3 Å². The van der Waals surface area contributed by atoms with Crippen LogP contribution in [0.5, 0.6) is 5.75 Å². The van der Waals surface area contributed by atoms with E-state index in [9.17, 15) is 15.0 Å². The molecule has 0 aliphatic rings. The fourth-order valence-corrected chi connectivity index (χ4v) is 2.27. The van der Waals surface area contributed by atoms with Crippen molar-refractivity contribution in [1.82, 2.24) is 5.32 Å². The first-order chi connectivity index (χ1) is 11.9. The van der Waals surface area contributed by atoms with Gasteiger partial charge in [0.15, 0.2) is 0 Å². The first kappa shape index (κ1) is 18.1. The van der Waals surface area contributed by atoms with E-state index < -0.39 is 12.0 Å². The lowest BCUT2D eigenvalue weighted by molar-refractivity contribution is 0.0997. The highest BCUT2D eigenvalue weighted by atomic mass is 16.3. The highest BCUT2D eigenvalue weighted by molar-refractivity contribution is 5.95. The van der Waals surface area contributed by atoms with E-state index in [4.69, 9.17) is 5.73 Å². The Hall–Kier alpha value is -3.25. The molecular formula is C19H21N3O3. The van der Waals surface area contributed by atoms with E-state index in [-0.39, 0.29) is 17.5 Å². The number of aliphatic hydroxyl groups excluding tert-OH is 1. The maximum atomic E-state index is 11.3. The number of nitrogens with two attached hydrogens (primary N) is 1. The van der Waals surface area contributed by atoms with E-state index >= 15 is 0 Å². The van der Waals surface area contributed by atoms with Gasteiger partial charge in [0.25, 0.3) is 5.91 Å². The van der Waals surface area contributed by atoms with Crippen LogP contribution in [0, 0.1) is 0 Å². The van der Waals surface area contributed by atoms with E-state index in [0.717, 1.165) is 5.69 Å². The van der Waals surface area contributed by atoms with Gasteiger partial charge in [-0.2, -0.15) is 0 Å². The first-order valence-electron chi connectivity index (χ1n) is 7.62. The molecule has 0 bridgehead atoms. The van der Waals surface area contributed by atoms with Crippen LogP contribution in [-0.2, 0) is 0 Å². The lowest BCUT2D eigenvalue weighted by Crippen LogP contribution is -2.35. The molecule has 0 heterocycles. The first-order valence-corrected chi connectivity index (χ1v) is 7.62. The minimum Gasteiger partial charge on any atom is -0.507 e. The van der Waals surface area contributed by atoms with Crippen molar-refractivity contribution in [3.63, 3.8) is 0 Å². The maximum absolute atomic E-state index is 11.3. The summed E-state index contributed by atoms with van der Waals surface area (Å²) in [5.74, 6) is -1.02. The number of phenols is 1. The number of carbonyl (C=O) groups excluding carboxylic acids is 1. The number of rotatable bonds is 8. The zero-order chi connectivity index (χ0) is 18.4. The van der Waals surface area contributed by atoms with Crippen LogP contribution in [0.3, 0.4) is 0 Å². The molecule has 0 spiro atoms. The van der Waals surface area contributed by atoms with Crippen molar-refractivity contribution >= 4 is 11.6 Å². The molecule has 6 N–H and O–H groups in total. The number of hydrogen-bond donors (Lipinski definition) is 5. The number of nitrogens with one attached hydrogen (secondary N) is 2. The standard InChI is InChI=1S/C19H21N3O3/c1-3-17(22-14-7-5-4-6-8-14)21-12(2)18(24)13-9-10-16(23)15(11-13)19(20)25/h3-11,17-18,21-24H,1-2H2,(H2,20,25). The molecule has 25 heavy (non-hydrogen) atoms. The molecule has 2 unspecified atom stereocenters. The molecule has 2 aromatic carbocycles. The minimum absolute atomic E-state index is 0.0629. The molecule has 2 rings (SSSR count). The highest BCUT2D eigenvalue weighted by Crippen LogP contribution is 2.25. The highest BCUT2D eigenvalue weighted by Gasteiger charge is 2.17. The number of para-hydroxylation sites is 1. The summed E-state index contributed by atoms with van der Waals surface area (Å²) in [5, 5.41) is 26.3. The number of hydrogen-bond acceptors (Lipinski definition) is 5. The molecule has 0 aromatic heterocycles. The van der Waals surface area contributed by atoms with Gasteiger partial charge < -0.3 is 26.6 Å². The van der Waals surface area contributed by atoms with Crippen LogP contribution in [0.1, 0.15) is 22.0 Å². The number of aliphatic hydroxyl groups is 1. The normalized spacial score (nSPS) is 12.7. The van der Waals surface area contributed by atoms with Gasteiger partial charge in [0.1, 0.15) is 18.0 Å². The molecule has 0 radical (unpaired) electrons. The van der Waals surface area contributed by atoms with Gasteiger partial charge in [0.05, 0.1) is 5.56 Å². The molecule has 2 aromatic rings. The average molecular weight is 339 g/mol. The Morgan fingerprint density at radius 1 is 1.20 bits per heavy atom. The number of carbonyl (C=O) groups is 1. The van der Waals surface area contributed by atoms with Gasteiger partial charge >= 0.3 is 0 Å². The third kappa shape index (κ3) is 4.62. The van der Waals surface area contributed by atoms with E-state index in [1.165, 1.54) is 18.2 Å². The summed E-state index contributed by atoms with van der Waals surface area (Å²) in [6.07, 6.45) is 0.173. The predicted molar refractivity (Wildman–Crippen MR) is 97.9 cm³/mol. The number of primary amides is 1. The zero-order valence-corrected chi connectivity index (χ0v) is 13.6. The van der Waals surface area contributed by atoms with Gasteiger partial charge in [0.2, 0.25) is 0 Å². The van der Waals surface area contributed by atoms with E-state index in [1.807, 2.05) is 30.3 Å². The maximum Gasteiger partial charge on any atom is 0.252 e. The summed E-state index contributed by atoms with van der Waals surface area (Å²) < 4.78 is 0. The molecule has 2 atom stereocenters. The molecule has 6 heteroatoms. The minimum atomic E-state index is -1.10. The van der Waals surface area contributed by atoms with Crippen molar-refractivity contribution in [1.29, 1.82) is 0 Å². The molecule has 0 aliphatic heterocycles.